The summed E-state index contributed by atoms with van der Waals surface area (Å²) in [4.78, 5) is 0. The molecule has 18 heavy (non-hydrogen) atoms. The van der Waals surface area contributed by atoms with Gasteiger partial charge in [0.05, 0.1) is 5.02 Å². The van der Waals surface area contributed by atoms with Crippen LogP contribution in [0.4, 0.5) is 0 Å². The van der Waals surface area contributed by atoms with E-state index < -0.39 is 0 Å². The molecule has 2 aromatic carbocycles. The Morgan fingerprint density at radius 2 is 2.06 bits per heavy atom. The second-order valence-corrected chi connectivity index (χ2v) is 5.00. The van der Waals surface area contributed by atoms with E-state index in [1.807, 2.05) is 31.2 Å². The minimum absolute atomic E-state index is 0.347. The lowest BCUT2D eigenvalue weighted by Crippen LogP contribution is -1.89. The highest BCUT2D eigenvalue weighted by molar-refractivity contribution is 9.10. The van der Waals surface area contributed by atoms with E-state index in [1.165, 1.54) is 0 Å². The molecule has 0 unspecified atom stereocenters. The Morgan fingerprint density at radius 3 is 2.72 bits per heavy atom. The van der Waals surface area contributed by atoms with E-state index in [9.17, 15) is 0 Å². The van der Waals surface area contributed by atoms with Gasteiger partial charge in [0.1, 0.15) is 23.1 Å². The van der Waals surface area contributed by atoms with Gasteiger partial charge in [0.15, 0.2) is 0 Å². The molecule has 2 nitrogen and oxygen atoms in total. The third-order valence-corrected chi connectivity index (χ3v) is 3.65. The molecular formula is C14H9BrClNO. The monoisotopic (exact) mass is 321 g/mol. The number of nitriles is 1. The molecule has 2 rings (SSSR count). The molecule has 0 aromatic heterocycles. The third kappa shape index (κ3) is 2.66. The summed E-state index contributed by atoms with van der Waals surface area (Å²) in [5, 5.41) is 9.45. The van der Waals surface area contributed by atoms with Crippen LogP contribution in [0.3, 0.4) is 0 Å². The van der Waals surface area contributed by atoms with Gasteiger partial charge in [0.25, 0.3) is 0 Å². The normalized spacial score (nSPS) is 9.89. The molecule has 0 N–H and O–H groups in total. The summed E-state index contributed by atoms with van der Waals surface area (Å²) in [7, 11) is 0. The van der Waals surface area contributed by atoms with E-state index in [2.05, 4.69) is 15.9 Å². The van der Waals surface area contributed by atoms with Gasteiger partial charge in [0, 0.05) is 4.47 Å². The SMILES string of the molecule is Cc1cc(Oc2cccc(Cl)c2C#N)ccc1Br. The molecule has 0 aliphatic carbocycles. The summed E-state index contributed by atoms with van der Waals surface area (Å²) < 4.78 is 6.70. The fourth-order valence-electron chi connectivity index (χ4n) is 1.51. The lowest BCUT2D eigenvalue weighted by atomic mass is 10.2. The second-order valence-electron chi connectivity index (χ2n) is 3.74. The molecule has 0 atom stereocenters. The van der Waals surface area contributed by atoms with Crippen molar-refractivity contribution < 1.29 is 4.74 Å². The van der Waals surface area contributed by atoms with Gasteiger partial charge in [-0.15, -0.1) is 0 Å². The number of hydrogen-bond donors (Lipinski definition) is 0. The van der Waals surface area contributed by atoms with Crippen LogP contribution in [0.2, 0.25) is 5.02 Å². The van der Waals surface area contributed by atoms with Crippen molar-refractivity contribution in [3.05, 3.63) is 57.0 Å². The number of rotatable bonds is 2. The Bertz CT molecular complexity index is 634. The summed E-state index contributed by atoms with van der Waals surface area (Å²) in [6, 6.07) is 12.8. The van der Waals surface area contributed by atoms with Gasteiger partial charge in [-0.3, -0.25) is 0 Å². The minimum Gasteiger partial charge on any atom is -0.456 e. The quantitative estimate of drug-likeness (QED) is 0.773. The van der Waals surface area contributed by atoms with Gasteiger partial charge in [-0.05, 0) is 42.8 Å². The van der Waals surface area contributed by atoms with Crippen LogP contribution in [0.5, 0.6) is 11.5 Å². The van der Waals surface area contributed by atoms with Crippen LogP contribution < -0.4 is 4.74 Å². The van der Waals surface area contributed by atoms with Crippen molar-refractivity contribution in [1.29, 1.82) is 5.26 Å². The number of halogens is 2. The van der Waals surface area contributed by atoms with E-state index in [0.717, 1.165) is 10.0 Å². The largest absolute Gasteiger partial charge is 0.456 e. The van der Waals surface area contributed by atoms with Crippen LogP contribution in [-0.2, 0) is 0 Å². The Balaban J connectivity index is 2.37. The molecular weight excluding hydrogens is 314 g/mol. The Morgan fingerprint density at radius 1 is 1.28 bits per heavy atom. The summed E-state index contributed by atoms with van der Waals surface area (Å²) in [5.41, 5.74) is 1.41. The highest BCUT2D eigenvalue weighted by atomic mass is 79.9. The lowest BCUT2D eigenvalue weighted by Gasteiger charge is -2.09. The molecule has 0 saturated carbocycles. The fraction of sp³-hybridized carbons (Fsp3) is 0.0714. The Hall–Kier alpha value is -1.50. The second kappa shape index (κ2) is 5.43. The minimum atomic E-state index is 0.347. The fourth-order valence-corrected chi connectivity index (χ4v) is 1.96. The molecule has 0 bridgehead atoms. The highest BCUT2D eigenvalue weighted by Crippen LogP contribution is 2.31. The lowest BCUT2D eigenvalue weighted by molar-refractivity contribution is 0.480. The van der Waals surface area contributed by atoms with Crippen LogP contribution in [-0.4, -0.2) is 0 Å². The van der Waals surface area contributed by atoms with Crippen LogP contribution in [0, 0.1) is 18.3 Å². The maximum atomic E-state index is 9.05. The Kier molecular flexibility index (Phi) is 3.90. The first kappa shape index (κ1) is 12.9. The standard InChI is InChI=1S/C14H9BrClNO/c1-9-7-10(5-6-12(9)15)18-14-4-2-3-13(16)11(14)8-17/h2-7H,1H3. The van der Waals surface area contributed by atoms with Crippen molar-refractivity contribution in [3.8, 4) is 17.6 Å². The van der Waals surface area contributed by atoms with Crippen molar-refractivity contribution in [3.63, 3.8) is 0 Å². The number of ether oxygens (including phenoxy) is 1. The van der Waals surface area contributed by atoms with Crippen molar-refractivity contribution in [2.24, 2.45) is 0 Å². The molecule has 0 aliphatic heterocycles. The predicted octanol–water partition coefficient (Wildman–Crippen LogP) is 5.07. The van der Waals surface area contributed by atoms with Crippen LogP contribution >= 0.6 is 27.5 Å². The highest BCUT2D eigenvalue weighted by Gasteiger charge is 2.08. The number of hydrogen-bond acceptors (Lipinski definition) is 2. The number of aryl methyl sites for hydroxylation is 1. The maximum absolute atomic E-state index is 9.05. The van der Waals surface area contributed by atoms with Crippen molar-refractivity contribution in [2.75, 3.05) is 0 Å². The van der Waals surface area contributed by atoms with Crippen LogP contribution in [0.1, 0.15) is 11.1 Å². The van der Waals surface area contributed by atoms with E-state index in [-0.39, 0.29) is 0 Å². The summed E-state index contributed by atoms with van der Waals surface area (Å²) in [6.07, 6.45) is 0. The molecule has 90 valence electrons. The molecule has 2 aromatic rings. The van der Waals surface area contributed by atoms with Gasteiger partial charge in [-0.25, -0.2) is 0 Å². The zero-order chi connectivity index (χ0) is 13.1. The van der Waals surface area contributed by atoms with E-state index >= 15 is 0 Å². The van der Waals surface area contributed by atoms with Gasteiger partial charge in [-0.2, -0.15) is 5.26 Å². The van der Waals surface area contributed by atoms with Crippen molar-refractivity contribution >= 4 is 27.5 Å². The molecule has 4 heteroatoms. The number of nitrogens with zero attached hydrogens (tertiary/aromatic N) is 1. The van der Waals surface area contributed by atoms with Gasteiger partial charge >= 0.3 is 0 Å². The van der Waals surface area contributed by atoms with Crippen molar-refractivity contribution in [2.45, 2.75) is 6.92 Å². The first-order chi connectivity index (χ1) is 8.61. The zero-order valence-electron chi connectivity index (χ0n) is 9.58. The maximum Gasteiger partial charge on any atom is 0.146 e. The third-order valence-electron chi connectivity index (χ3n) is 2.44. The zero-order valence-corrected chi connectivity index (χ0v) is 11.9. The van der Waals surface area contributed by atoms with Gasteiger partial charge in [0.2, 0.25) is 0 Å². The van der Waals surface area contributed by atoms with E-state index in [1.54, 1.807) is 18.2 Å². The first-order valence-corrected chi connectivity index (χ1v) is 6.41. The average Bonchev–Trinajstić information content (AvgIpc) is 2.34. The molecule has 0 saturated heterocycles. The van der Waals surface area contributed by atoms with Gasteiger partial charge in [-0.1, -0.05) is 33.6 Å². The topological polar surface area (TPSA) is 33.0 Å². The summed E-state index contributed by atoms with van der Waals surface area (Å²) >= 11 is 9.37. The predicted molar refractivity (Wildman–Crippen MR) is 75.1 cm³/mol. The molecule has 0 aliphatic rings. The van der Waals surface area contributed by atoms with Crippen molar-refractivity contribution in [1.82, 2.24) is 0 Å². The van der Waals surface area contributed by atoms with E-state index in [4.69, 9.17) is 21.6 Å². The van der Waals surface area contributed by atoms with E-state index in [0.29, 0.717) is 22.1 Å². The first-order valence-electron chi connectivity index (χ1n) is 5.24. The molecule has 0 radical (unpaired) electrons. The molecule has 0 fully saturated rings. The average molecular weight is 323 g/mol. The van der Waals surface area contributed by atoms with Gasteiger partial charge < -0.3 is 4.74 Å². The van der Waals surface area contributed by atoms with Crippen LogP contribution in [0.15, 0.2) is 40.9 Å². The number of benzene rings is 2. The molecule has 0 spiro atoms. The Labute approximate surface area is 119 Å². The summed E-state index contributed by atoms with van der Waals surface area (Å²) in [5.74, 6) is 1.14. The molecule has 0 amide bonds. The smallest absolute Gasteiger partial charge is 0.146 e. The van der Waals surface area contributed by atoms with Crippen LogP contribution in [0.25, 0.3) is 0 Å². The summed E-state index contributed by atoms with van der Waals surface area (Å²) in [6.45, 7) is 1.97. The molecule has 0 heterocycles.